The number of allylic oxidation sites excluding steroid dienone is 1. The van der Waals surface area contributed by atoms with Gasteiger partial charge in [-0.15, -0.1) is 0 Å². The van der Waals surface area contributed by atoms with E-state index in [0.29, 0.717) is 49.2 Å². The van der Waals surface area contributed by atoms with Gasteiger partial charge in [0.2, 0.25) is 0 Å². The molecule has 2 fully saturated rings. The number of thioether (sulfide) groups is 1. The van der Waals surface area contributed by atoms with E-state index >= 15 is 0 Å². The van der Waals surface area contributed by atoms with Crippen LogP contribution in [0.2, 0.25) is 0 Å². The number of aliphatic imine (C=N–C) groups is 1. The highest BCUT2D eigenvalue weighted by molar-refractivity contribution is 8.18. The van der Waals surface area contributed by atoms with Gasteiger partial charge >= 0.3 is 17.6 Å². The molecule has 0 bridgehead atoms. The van der Waals surface area contributed by atoms with Crippen molar-refractivity contribution in [1.82, 2.24) is 10.2 Å². The average Bonchev–Trinajstić information content (AvgIpc) is 3.14. The topological polar surface area (TPSA) is 64.9 Å². The molecule has 1 aliphatic carbocycles. The van der Waals surface area contributed by atoms with E-state index in [0.717, 1.165) is 37.1 Å². The molecule has 36 heavy (non-hydrogen) atoms. The van der Waals surface area contributed by atoms with E-state index in [1.165, 1.54) is 0 Å². The molecule has 12 heteroatoms. The van der Waals surface area contributed by atoms with E-state index in [1.54, 1.807) is 4.90 Å². The summed E-state index contributed by atoms with van der Waals surface area (Å²) < 4.78 is 79.2. The van der Waals surface area contributed by atoms with Crippen LogP contribution in [0, 0.1) is 5.92 Å². The van der Waals surface area contributed by atoms with Crippen molar-refractivity contribution in [3.8, 4) is 0 Å². The molecule has 1 saturated carbocycles. The third-order valence-electron chi connectivity index (χ3n) is 6.84. The Balaban J connectivity index is 1.39. The second-order valence-corrected chi connectivity index (χ2v) is 10.4. The Morgan fingerprint density at radius 1 is 1.06 bits per heavy atom. The molecule has 2 N–H and O–H groups in total. The number of likely N-dealkylation sites (tertiary alicyclic amines) is 1. The van der Waals surface area contributed by atoms with E-state index in [1.807, 2.05) is 6.08 Å². The number of aliphatic hydroxyl groups is 1. The zero-order valence-electron chi connectivity index (χ0n) is 19.3. The Morgan fingerprint density at radius 2 is 1.75 bits per heavy atom. The highest BCUT2D eigenvalue weighted by Gasteiger charge is 2.38. The summed E-state index contributed by atoms with van der Waals surface area (Å²) in [5, 5.41) is 13.1. The number of nitrogens with one attached hydrogen (secondary N) is 1. The average molecular weight is 536 g/mol. The fourth-order valence-corrected chi connectivity index (χ4v) is 5.66. The number of nitrogens with zero attached hydrogens (tertiary/aromatic N) is 2. The highest BCUT2D eigenvalue weighted by Crippen LogP contribution is 2.38. The first-order valence-corrected chi connectivity index (χ1v) is 12.7. The van der Waals surface area contributed by atoms with Gasteiger partial charge in [0, 0.05) is 6.54 Å². The SMILES string of the molecule is O=C1N=C(N[C@@H]2CCCC[C@@H]2O)C(=CC2CCN(Cc3ccc(C(F)(F)F)cc3C(F)(F)F)CC2)S1. The number of amidine groups is 1. The first-order valence-electron chi connectivity index (χ1n) is 11.9. The first kappa shape index (κ1) is 27.0. The molecular weight excluding hydrogens is 508 g/mol. The Labute approximate surface area is 209 Å². The van der Waals surface area contributed by atoms with Gasteiger partial charge in [-0.05, 0) is 74.1 Å². The number of alkyl halides is 6. The molecule has 2 atom stereocenters. The van der Waals surface area contributed by atoms with Crippen LogP contribution < -0.4 is 5.32 Å². The summed E-state index contributed by atoms with van der Waals surface area (Å²) >= 11 is 1.01. The smallest absolute Gasteiger partial charge is 0.391 e. The van der Waals surface area contributed by atoms with Gasteiger partial charge in [0.15, 0.2) is 0 Å². The summed E-state index contributed by atoms with van der Waals surface area (Å²) in [6.07, 6.45) is -3.62. The number of rotatable bonds is 4. The molecule has 2 heterocycles. The summed E-state index contributed by atoms with van der Waals surface area (Å²) in [6.45, 7) is 0.830. The standard InChI is InChI=1S/C24H27F6N3O2S/c25-23(26,27)16-6-5-15(17(12-16)24(28,29)30)13-33-9-7-14(8-10-33)11-20-21(32-22(35)36-20)31-18-3-1-2-4-19(18)34/h5-6,11-12,14,18-19,34H,1-4,7-10,13H2,(H,31,32,35)/t18-,19+/m1/s1. The Morgan fingerprint density at radius 3 is 2.39 bits per heavy atom. The molecule has 5 nitrogen and oxygen atoms in total. The van der Waals surface area contributed by atoms with Gasteiger partial charge in [0.05, 0.1) is 28.2 Å². The van der Waals surface area contributed by atoms with E-state index in [4.69, 9.17) is 0 Å². The molecule has 0 spiro atoms. The zero-order valence-corrected chi connectivity index (χ0v) is 20.1. The number of halogens is 6. The largest absolute Gasteiger partial charge is 0.416 e. The van der Waals surface area contributed by atoms with Crippen LogP contribution in [-0.2, 0) is 18.9 Å². The zero-order chi connectivity index (χ0) is 26.1. The first-order chi connectivity index (χ1) is 16.9. The molecule has 0 radical (unpaired) electrons. The lowest BCUT2D eigenvalue weighted by atomic mass is 9.92. The predicted octanol–water partition coefficient (Wildman–Crippen LogP) is 5.98. The number of hydrogen-bond acceptors (Lipinski definition) is 5. The van der Waals surface area contributed by atoms with Crippen molar-refractivity contribution in [3.05, 3.63) is 45.9 Å². The molecule has 0 aromatic heterocycles. The Bertz CT molecular complexity index is 1030. The van der Waals surface area contributed by atoms with Gasteiger partial charge in [0.1, 0.15) is 5.84 Å². The van der Waals surface area contributed by atoms with Crippen LogP contribution in [0.4, 0.5) is 31.1 Å². The Hall–Kier alpha value is -2.05. The maximum atomic E-state index is 13.5. The summed E-state index contributed by atoms with van der Waals surface area (Å²) in [5.41, 5.74) is -2.77. The van der Waals surface area contributed by atoms with Crippen LogP contribution in [0.5, 0.6) is 0 Å². The highest BCUT2D eigenvalue weighted by atomic mass is 32.2. The van der Waals surface area contributed by atoms with Crippen LogP contribution in [0.15, 0.2) is 34.2 Å². The third-order valence-corrected chi connectivity index (χ3v) is 7.66. The molecule has 0 unspecified atom stereocenters. The maximum Gasteiger partial charge on any atom is 0.416 e. The van der Waals surface area contributed by atoms with E-state index in [9.17, 15) is 36.2 Å². The van der Waals surface area contributed by atoms with Crippen LogP contribution >= 0.6 is 11.8 Å². The van der Waals surface area contributed by atoms with Crippen LogP contribution in [0.3, 0.4) is 0 Å². The van der Waals surface area contributed by atoms with Crippen molar-refractivity contribution in [3.63, 3.8) is 0 Å². The Kier molecular flexibility index (Phi) is 8.06. The summed E-state index contributed by atoms with van der Waals surface area (Å²) in [6, 6.07) is 1.61. The third kappa shape index (κ3) is 6.63. The van der Waals surface area contributed by atoms with Crippen LogP contribution in [-0.4, -0.2) is 46.3 Å². The normalized spacial score (nSPS) is 25.9. The number of piperidine rings is 1. The minimum atomic E-state index is -4.89. The number of carbonyl (C=O) groups is 1. The molecule has 3 aliphatic rings. The van der Waals surface area contributed by atoms with Crippen molar-refractivity contribution in [2.45, 2.75) is 69.6 Å². The predicted molar refractivity (Wildman–Crippen MR) is 124 cm³/mol. The summed E-state index contributed by atoms with van der Waals surface area (Å²) in [7, 11) is 0. The van der Waals surface area contributed by atoms with E-state index in [2.05, 4.69) is 10.3 Å². The molecular formula is C24H27F6N3O2S. The number of amides is 1. The number of aliphatic hydroxyl groups excluding tert-OH is 1. The van der Waals surface area contributed by atoms with Crippen molar-refractivity contribution < 1.29 is 36.2 Å². The van der Waals surface area contributed by atoms with Gasteiger partial charge in [-0.1, -0.05) is 25.0 Å². The van der Waals surface area contributed by atoms with Gasteiger partial charge in [-0.2, -0.15) is 31.3 Å². The molecule has 198 valence electrons. The maximum absolute atomic E-state index is 13.5. The van der Waals surface area contributed by atoms with Gasteiger partial charge in [0.25, 0.3) is 0 Å². The number of hydrogen-bond donors (Lipinski definition) is 2. The van der Waals surface area contributed by atoms with Gasteiger partial charge in [-0.3, -0.25) is 9.69 Å². The van der Waals surface area contributed by atoms with Crippen LogP contribution in [0.1, 0.15) is 55.2 Å². The number of benzene rings is 1. The van der Waals surface area contributed by atoms with Crippen LogP contribution in [0.25, 0.3) is 0 Å². The van der Waals surface area contributed by atoms with Crippen molar-refractivity contribution >= 4 is 22.8 Å². The van der Waals surface area contributed by atoms with Crippen molar-refractivity contribution in [1.29, 1.82) is 0 Å². The molecule has 1 amide bonds. The fraction of sp³-hybridized carbons (Fsp3) is 0.583. The van der Waals surface area contributed by atoms with E-state index < -0.39 is 29.6 Å². The lowest BCUT2D eigenvalue weighted by molar-refractivity contribution is -0.143. The van der Waals surface area contributed by atoms with Crippen molar-refractivity contribution in [2.24, 2.45) is 10.9 Å². The second kappa shape index (κ2) is 10.7. The minimum Gasteiger partial charge on any atom is -0.391 e. The molecule has 1 saturated heterocycles. The number of carbonyl (C=O) groups excluding carboxylic acids is 1. The fourth-order valence-electron chi connectivity index (χ4n) is 4.87. The molecule has 1 aromatic rings. The summed E-state index contributed by atoms with van der Waals surface area (Å²) in [4.78, 5) is 18.5. The van der Waals surface area contributed by atoms with Crippen molar-refractivity contribution in [2.75, 3.05) is 13.1 Å². The van der Waals surface area contributed by atoms with E-state index in [-0.39, 0.29) is 35.4 Å². The summed E-state index contributed by atoms with van der Waals surface area (Å²) in [5.74, 6) is 0.533. The van der Waals surface area contributed by atoms with Gasteiger partial charge in [-0.25, -0.2) is 0 Å². The monoisotopic (exact) mass is 535 g/mol. The minimum absolute atomic E-state index is 0.0765. The molecule has 1 aromatic carbocycles. The molecule has 4 rings (SSSR count). The quantitative estimate of drug-likeness (QED) is 0.465. The second-order valence-electron chi connectivity index (χ2n) is 9.44. The lowest BCUT2D eigenvalue weighted by Gasteiger charge is -2.32. The van der Waals surface area contributed by atoms with Gasteiger partial charge < -0.3 is 10.4 Å². The molecule has 2 aliphatic heterocycles. The lowest BCUT2D eigenvalue weighted by Crippen LogP contribution is -2.45.